The molecule has 4 rings (SSSR count). The van der Waals surface area contributed by atoms with Crippen LogP contribution in [0.1, 0.15) is 17.5 Å². The molecule has 0 fully saturated rings. The van der Waals surface area contributed by atoms with Crippen molar-refractivity contribution < 1.29 is 13.2 Å². The van der Waals surface area contributed by atoms with E-state index < -0.39 is 17.4 Å². The lowest BCUT2D eigenvalue weighted by Crippen LogP contribution is -2.47. The van der Waals surface area contributed by atoms with Gasteiger partial charge in [-0.2, -0.15) is 13.2 Å². The number of alkyl halides is 3. The van der Waals surface area contributed by atoms with Gasteiger partial charge in [-0.15, -0.1) is 0 Å². The van der Waals surface area contributed by atoms with Crippen molar-refractivity contribution in [2.75, 3.05) is 11.5 Å². The highest BCUT2D eigenvalue weighted by Gasteiger charge is 2.30. The summed E-state index contributed by atoms with van der Waals surface area (Å²) in [7, 11) is 0. The molecule has 166 valence electrons. The Balaban J connectivity index is 0.000000186. The molecule has 7 heteroatoms. The van der Waals surface area contributed by atoms with Gasteiger partial charge in [0.25, 0.3) is 0 Å². The third-order valence-electron chi connectivity index (χ3n) is 4.90. The molecule has 0 radical (unpaired) electrons. The Hall–Kier alpha value is -3.55. The van der Waals surface area contributed by atoms with Crippen molar-refractivity contribution in [2.24, 2.45) is 11.5 Å². The van der Waals surface area contributed by atoms with E-state index in [1.807, 2.05) is 48.5 Å². The van der Waals surface area contributed by atoms with Gasteiger partial charge in [-0.3, -0.25) is 0 Å². The maximum Gasteiger partial charge on any atom is 0.416 e. The summed E-state index contributed by atoms with van der Waals surface area (Å²) in [6.45, 7) is 0. The highest BCUT2D eigenvalue weighted by atomic mass is 19.4. The molecule has 0 spiro atoms. The summed E-state index contributed by atoms with van der Waals surface area (Å²) in [5.41, 5.74) is 26.1. The number of benzene rings is 3. The molecular formula is C25H25F3N4. The van der Waals surface area contributed by atoms with Gasteiger partial charge in [-0.05, 0) is 64.7 Å². The van der Waals surface area contributed by atoms with Crippen LogP contribution in [-0.2, 0) is 6.18 Å². The van der Waals surface area contributed by atoms with Gasteiger partial charge < -0.3 is 22.9 Å². The number of nitrogens with two attached hydrogens (primary N) is 4. The van der Waals surface area contributed by atoms with E-state index in [-0.39, 0.29) is 0 Å². The van der Waals surface area contributed by atoms with Gasteiger partial charge in [0.05, 0.1) is 11.2 Å². The van der Waals surface area contributed by atoms with Crippen molar-refractivity contribution in [3.8, 4) is 11.1 Å². The first-order valence-electron chi connectivity index (χ1n) is 9.90. The number of rotatable bonds is 2. The summed E-state index contributed by atoms with van der Waals surface area (Å²) in [5, 5.41) is 0. The highest BCUT2D eigenvalue weighted by molar-refractivity contribution is 5.76. The Morgan fingerprint density at radius 1 is 0.719 bits per heavy atom. The van der Waals surface area contributed by atoms with Gasteiger partial charge >= 0.3 is 6.18 Å². The monoisotopic (exact) mass is 438 g/mol. The van der Waals surface area contributed by atoms with Gasteiger partial charge in [-0.1, -0.05) is 48.6 Å². The number of halogens is 3. The first-order valence-corrected chi connectivity index (χ1v) is 9.90. The summed E-state index contributed by atoms with van der Waals surface area (Å²) in [6, 6.07) is 20.7. The summed E-state index contributed by atoms with van der Waals surface area (Å²) in [4.78, 5) is 0. The second kappa shape index (κ2) is 9.30. The minimum Gasteiger partial charge on any atom is -0.399 e. The molecule has 1 aliphatic carbocycles. The molecule has 0 amide bonds. The van der Waals surface area contributed by atoms with Gasteiger partial charge in [0.1, 0.15) is 0 Å². The van der Waals surface area contributed by atoms with Crippen LogP contribution in [0.2, 0.25) is 0 Å². The zero-order valence-corrected chi connectivity index (χ0v) is 17.3. The highest BCUT2D eigenvalue weighted by Crippen LogP contribution is 2.32. The van der Waals surface area contributed by atoms with Crippen molar-refractivity contribution >= 4 is 16.9 Å². The minimum absolute atomic E-state index is 0.398. The fourth-order valence-electron chi connectivity index (χ4n) is 3.15. The first kappa shape index (κ1) is 23.1. The van der Waals surface area contributed by atoms with E-state index in [2.05, 4.69) is 0 Å². The van der Waals surface area contributed by atoms with Crippen molar-refractivity contribution in [2.45, 2.75) is 18.3 Å². The van der Waals surface area contributed by atoms with Crippen molar-refractivity contribution in [3.63, 3.8) is 0 Å². The average molecular weight is 438 g/mol. The molecule has 0 aliphatic heterocycles. The average Bonchev–Trinajstić information content (AvgIpc) is 2.74. The number of allylic oxidation sites excluding steroid dienone is 2. The van der Waals surface area contributed by atoms with E-state index in [0.29, 0.717) is 17.6 Å². The predicted molar refractivity (Wildman–Crippen MR) is 125 cm³/mol. The molecule has 0 saturated heterocycles. The van der Waals surface area contributed by atoms with Gasteiger partial charge in [0.2, 0.25) is 0 Å². The molecule has 4 nitrogen and oxygen atoms in total. The van der Waals surface area contributed by atoms with E-state index in [9.17, 15) is 13.2 Å². The zero-order chi connectivity index (χ0) is 23.4. The molecule has 0 unspecified atom stereocenters. The summed E-state index contributed by atoms with van der Waals surface area (Å²) < 4.78 is 37.7. The van der Waals surface area contributed by atoms with Crippen LogP contribution in [0.25, 0.3) is 16.7 Å². The van der Waals surface area contributed by atoms with E-state index in [1.165, 1.54) is 6.07 Å². The Labute approximate surface area is 185 Å². The quantitative estimate of drug-likeness (QED) is 0.327. The maximum atomic E-state index is 12.6. The first-order chi connectivity index (χ1) is 15.0. The fourth-order valence-corrected chi connectivity index (χ4v) is 3.15. The van der Waals surface area contributed by atoms with Crippen LogP contribution in [0.5, 0.6) is 0 Å². The van der Waals surface area contributed by atoms with Gasteiger partial charge in [0, 0.05) is 17.8 Å². The predicted octanol–water partition coefficient (Wildman–Crippen LogP) is 5.18. The van der Waals surface area contributed by atoms with Crippen LogP contribution in [0.4, 0.5) is 24.5 Å². The van der Waals surface area contributed by atoms with E-state index >= 15 is 0 Å². The van der Waals surface area contributed by atoms with E-state index in [1.54, 1.807) is 24.3 Å². The third-order valence-corrected chi connectivity index (χ3v) is 4.90. The Kier molecular flexibility index (Phi) is 6.72. The Bertz CT molecular complexity index is 1130. The van der Waals surface area contributed by atoms with Crippen LogP contribution >= 0.6 is 0 Å². The number of anilines is 2. The number of nitrogen functional groups attached to an aromatic ring is 2. The SMILES string of the molecule is NC1(N)C=CC(c2cccc(C(F)(F)F)c2)=CC1.Nc1ccc(-c2cccc(N)c2)cc1. The van der Waals surface area contributed by atoms with Crippen LogP contribution in [-0.4, -0.2) is 5.66 Å². The van der Waals surface area contributed by atoms with E-state index in [0.717, 1.165) is 34.6 Å². The summed E-state index contributed by atoms with van der Waals surface area (Å²) in [5.74, 6) is 0. The second-order valence-electron chi connectivity index (χ2n) is 7.64. The van der Waals surface area contributed by atoms with E-state index in [4.69, 9.17) is 22.9 Å². The molecule has 3 aromatic carbocycles. The van der Waals surface area contributed by atoms with Crippen molar-refractivity contribution in [1.82, 2.24) is 0 Å². The molecule has 0 atom stereocenters. The molecule has 0 heterocycles. The third kappa shape index (κ3) is 6.23. The van der Waals surface area contributed by atoms with Crippen molar-refractivity contribution in [1.29, 1.82) is 0 Å². The smallest absolute Gasteiger partial charge is 0.399 e. The van der Waals surface area contributed by atoms with Crippen molar-refractivity contribution in [3.05, 3.63) is 102 Å². The summed E-state index contributed by atoms with van der Waals surface area (Å²) in [6.07, 6.45) is 1.06. The molecular weight excluding hydrogens is 413 g/mol. The lowest BCUT2D eigenvalue weighted by molar-refractivity contribution is -0.137. The fraction of sp³-hybridized carbons (Fsp3) is 0.120. The maximum absolute atomic E-state index is 12.6. The Morgan fingerprint density at radius 3 is 1.97 bits per heavy atom. The lowest BCUT2D eigenvalue weighted by atomic mass is 9.93. The molecule has 0 bridgehead atoms. The zero-order valence-electron chi connectivity index (χ0n) is 17.3. The Morgan fingerprint density at radius 2 is 1.38 bits per heavy atom. The summed E-state index contributed by atoms with van der Waals surface area (Å²) >= 11 is 0. The normalized spacial score (nSPS) is 14.8. The molecule has 0 aromatic heterocycles. The topological polar surface area (TPSA) is 104 Å². The molecule has 3 aromatic rings. The lowest BCUT2D eigenvalue weighted by Gasteiger charge is -2.23. The van der Waals surface area contributed by atoms with Crippen LogP contribution in [0.3, 0.4) is 0 Å². The largest absolute Gasteiger partial charge is 0.416 e. The standard InChI is InChI=1S/C13H13F3N2.C12H12N2/c14-13(15,16)11-3-1-2-10(8-11)9-4-6-12(17,18)7-5-9;13-11-6-4-9(5-7-11)10-2-1-3-12(14)8-10/h1-6,8H,7,17-18H2;1-8H,13-14H2. The van der Waals surface area contributed by atoms with Crippen LogP contribution in [0.15, 0.2) is 91.0 Å². The van der Waals surface area contributed by atoms with Gasteiger partial charge in [0.15, 0.2) is 0 Å². The molecule has 1 aliphatic rings. The number of hydrogen-bond acceptors (Lipinski definition) is 4. The van der Waals surface area contributed by atoms with Crippen LogP contribution in [0, 0.1) is 0 Å². The molecule has 32 heavy (non-hydrogen) atoms. The molecule has 8 N–H and O–H groups in total. The van der Waals surface area contributed by atoms with Gasteiger partial charge in [-0.25, -0.2) is 0 Å². The second-order valence-corrected chi connectivity index (χ2v) is 7.64. The number of hydrogen-bond donors (Lipinski definition) is 4. The minimum atomic E-state index is -4.33. The molecule has 0 saturated carbocycles. The van der Waals surface area contributed by atoms with Crippen LogP contribution < -0.4 is 22.9 Å².